The van der Waals surface area contributed by atoms with Crippen LogP contribution in [0.15, 0.2) is 41.5 Å². The van der Waals surface area contributed by atoms with Crippen LogP contribution in [-0.4, -0.2) is 28.5 Å². The molecular weight excluding hydrogens is 413 g/mol. The maximum atomic E-state index is 12.6. The van der Waals surface area contributed by atoms with Gasteiger partial charge >= 0.3 is 18.3 Å². The molecule has 0 amide bonds. The van der Waals surface area contributed by atoms with E-state index in [1.807, 2.05) is 0 Å². The molecule has 0 saturated heterocycles. The highest BCUT2D eigenvalue weighted by Crippen LogP contribution is 2.53. The molecule has 2 aliphatic rings. The van der Waals surface area contributed by atoms with Crippen LogP contribution in [0.5, 0.6) is 5.75 Å². The topological polar surface area (TPSA) is 83.8 Å². The van der Waals surface area contributed by atoms with Crippen molar-refractivity contribution in [2.45, 2.75) is 52.3 Å². The number of carboxylic acids is 2. The molecule has 1 fully saturated rings. The summed E-state index contributed by atoms with van der Waals surface area (Å²) >= 11 is 0. The first-order valence-corrected chi connectivity index (χ1v) is 10.2. The third-order valence-corrected chi connectivity index (χ3v) is 6.62. The Morgan fingerprint density at radius 2 is 1.65 bits per heavy atom. The van der Waals surface area contributed by atoms with Crippen LogP contribution in [0.2, 0.25) is 0 Å². The number of ether oxygens (including phenoxy) is 1. The molecule has 1 saturated carbocycles. The zero-order valence-corrected chi connectivity index (χ0v) is 17.3. The van der Waals surface area contributed by atoms with Gasteiger partial charge in [0.2, 0.25) is 0 Å². The van der Waals surface area contributed by atoms with Crippen molar-refractivity contribution in [1.29, 1.82) is 0 Å². The summed E-state index contributed by atoms with van der Waals surface area (Å²) in [6, 6.07) is 5.05. The number of alkyl halides is 3. The lowest BCUT2D eigenvalue weighted by Crippen LogP contribution is -2.47. The lowest BCUT2D eigenvalue weighted by molar-refractivity contribution is -0.274. The number of allylic oxidation sites excluding steroid dienone is 2. The first-order chi connectivity index (χ1) is 14.5. The third-order valence-electron chi connectivity index (χ3n) is 6.62. The smallest absolute Gasteiger partial charge is 0.481 e. The molecule has 2 unspecified atom stereocenters. The summed E-state index contributed by atoms with van der Waals surface area (Å²) in [5.74, 6) is -3.64. The van der Waals surface area contributed by atoms with Crippen molar-refractivity contribution in [2.24, 2.45) is 17.3 Å². The molecule has 0 radical (unpaired) electrons. The van der Waals surface area contributed by atoms with E-state index >= 15 is 0 Å². The van der Waals surface area contributed by atoms with E-state index in [1.165, 1.54) is 12.1 Å². The zero-order valence-electron chi connectivity index (χ0n) is 17.3. The summed E-state index contributed by atoms with van der Waals surface area (Å²) in [7, 11) is 0. The molecule has 0 bridgehead atoms. The van der Waals surface area contributed by atoms with Crippen molar-refractivity contribution in [1.82, 2.24) is 0 Å². The van der Waals surface area contributed by atoms with Gasteiger partial charge in [0.05, 0.1) is 5.41 Å². The fraction of sp³-hybridized carbons (Fsp3) is 0.478. The van der Waals surface area contributed by atoms with E-state index in [4.69, 9.17) is 0 Å². The molecular formula is C23H25F3O5. The van der Waals surface area contributed by atoms with E-state index in [9.17, 15) is 33.0 Å². The van der Waals surface area contributed by atoms with Gasteiger partial charge in [0.15, 0.2) is 0 Å². The highest BCUT2D eigenvalue weighted by Gasteiger charge is 2.53. The number of carboxylic acid groups (broad SMARTS) is 2. The number of carbonyl (C=O) groups is 2. The average molecular weight is 438 g/mol. The number of aliphatic carboxylic acids is 2. The Balaban J connectivity index is 2.14. The van der Waals surface area contributed by atoms with Crippen LogP contribution in [0.25, 0.3) is 5.57 Å². The van der Waals surface area contributed by atoms with Crippen molar-refractivity contribution < 1.29 is 37.7 Å². The lowest BCUT2D eigenvalue weighted by Gasteiger charge is -2.45. The van der Waals surface area contributed by atoms with Gasteiger partial charge < -0.3 is 14.9 Å². The van der Waals surface area contributed by atoms with Gasteiger partial charge in [-0.15, -0.1) is 13.2 Å². The second-order valence-corrected chi connectivity index (χ2v) is 8.27. The van der Waals surface area contributed by atoms with Crippen LogP contribution in [0.1, 0.15) is 51.5 Å². The molecule has 0 heterocycles. The Morgan fingerprint density at radius 3 is 2.13 bits per heavy atom. The first-order valence-electron chi connectivity index (χ1n) is 10.2. The number of hydrogen-bond acceptors (Lipinski definition) is 3. The van der Waals surface area contributed by atoms with Gasteiger partial charge in [0.1, 0.15) is 5.75 Å². The number of benzene rings is 1. The molecule has 2 atom stereocenters. The van der Waals surface area contributed by atoms with Crippen LogP contribution in [0.4, 0.5) is 13.2 Å². The number of halogens is 3. The monoisotopic (exact) mass is 438 g/mol. The van der Waals surface area contributed by atoms with Crippen LogP contribution in [-0.2, 0) is 9.59 Å². The predicted octanol–water partition coefficient (Wildman–Crippen LogP) is 5.67. The van der Waals surface area contributed by atoms with Crippen LogP contribution in [0, 0.1) is 17.3 Å². The van der Waals surface area contributed by atoms with Crippen molar-refractivity contribution in [3.8, 4) is 5.75 Å². The second kappa shape index (κ2) is 8.40. The highest BCUT2D eigenvalue weighted by molar-refractivity contribution is 5.99. The Labute approximate surface area is 178 Å². The van der Waals surface area contributed by atoms with Crippen LogP contribution < -0.4 is 4.74 Å². The Morgan fingerprint density at radius 1 is 1.06 bits per heavy atom. The largest absolute Gasteiger partial charge is 0.573 e. The lowest BCUT2D eigenvalue weighted by atomic mass is 9.57. The van der Waals surface area contributed by atoms with Crippen LogP contribution >= 0.6 is 0 Å². The van der Waals surface area contributed by atoms with E-state index in [1.54, 1.807) is 19.9 Å². The molecule has 0 aliphatic heterocycles. The minimum absolute atomic E-state index is 0.0288. The molecule has 168 valence electrons. The van der Waals surface area contributed by atoms with Gasteiger partial charge in [-0.05, 0) is 54.5 Å². The summed E-state index contributed by atoms with van der Waals surface area (Å²) in [6.07, 6.45) is 0.951. The fourth-order valence-electron chi connectivity index (χ4n) is 5.14. The van der Waals surface area contributed by atoms with Gasteiger partial charge in [-0.2, -0.15) is 0 Å². The summed E-state index contributed by atoms with van der Waals surface area (Å²) in [5, 5.41) is 20.2. The third kappa shape index (κ3) is 4.34. The zero-order chi connectivity index (χ0) is 23.0. The van der Waals surface area contributed by atoms with E-state index in [0.717, 1.165) is 31.4 Å². The van der Waals surface area contributed by atoms with E-state index in [-0.39, 0.29) is 11.5 Å². The Kier molecular flexibility index (Phi) is 6.21. The molecule has 5 nitrogen and oxygen atoms in total. The number of hydrogen-bond donors (Lipinski definition) is 2. The molecule has 1 aromatic rings. The second-order valence-electron chi connectivity index (χ2n) is 8.27. The Bertz CT molecular complexity index is 924. The van der Waals surface area contributed by atoms with Crippen molar-refractivity contribution in [2.75, 3.05) is 0 Å². The van der Waals surface area contributed by atoms with Gasteiger partial charge in [0, 0.05) is 11.5 Å². The molecule has 3 rings (SSSR count). The minimum atomic E-state index is -4.83. The molecule has 1 aromatic carbocycles. The van der Waals surface area contributed by atoms with Crippen LogP contribution in [0.3, 0.4) is 0 Å². The van der Waals surface area contributed by atoms with Gasteiger partial charge in [0.25, 0.3) is 0 Å². The summed E-state index contributed by atoms with van der Waals surface area (Å²) < 4.78 is 41.3. The quantitative estimate of drug-likeness (QED) is 0.619. The maximum absolute atomic E-state index is 12.6. The minimum Gasteiger partial charge on any atom is -0.481 e. The predicted molar refractivity (Wildman–Crippen MR) is 107 cm³/mol. The van der Waals surface area contributed by atoms with Crippen molar-refractivity contribution in [3.63, 3.8) is 0 Å². The molecule has 2 aliphatic carbocycles. The van der Waals surface area contributed by atoms with Crippen molar-refractivity contribution >= 4 is 17.5 Å². The molecule has 8 heteroatoms. The summed E-state index contributed by atoms with van der Waals surface area (Å²) in [4.78, 5) is 24.8. The SMILES string of the molecule is CC1=C(C(=O)O)C(C)C(C(=O)O)(C2CCCCC2)C=C1c1ccc(OC(F)(F)F)cc1. The molecule has 0 spiro atoms. The van der Waals surface area contributed by atoms with E-state index in [0.29, 0.717) is 29.6 Å². The summed E-state index contributed by atoms with van der Waals surface area (Å²) in [5.41, 5.74) is -0.0937. The normalized spacial score (nSPS) is 25.2. The molecule has 2 N–H and O–H groups in total. The first kappa shape index (κ1) is 22.9. The highest BCUT2D eigenvalue weighted by atomic mass is 19.4. The van der Waals surface area contributed by atoms with Gasteiger partial charge in [-0.25, -0.2) is 4.79 Å². The molecule has 0 aromatic heterocycles. The van der Waals surface area contributed by atoms with Gasteiger partial charge in [-0.1, -0.05) is 44.4 Å². The molecule has 31 heavy (non-hydrogen) atoms. The van der Waals surface area contributed by atoms with Gasteiger partial charge in [-0.3, -0.25) is 4.79 Å². The fourth-order valence-corrected chi connectivity index (χ4v) is 5.14. The Hall–Kier alpha value is -2.77. The van der Waals surface area contributed by atoms with E-state index in [2.05, 4.69) is 4.74 Å². The number of rotatable bonds is 5. The maximum Gasteiger partial charge on any atom is 0.573 e. The van der Waals surface area contributed by atoms with E-state index < -0.39 is 35.4 Å². The van der Waals surface area contributed by atoms with Crippen molar-refractivity contribution in [3.05, 3.63) is 47.1 Å². The standard InChI is InChI=1S/C23H25F3O5/c1-13-18(15-8-10-17(11-9-15)31-23(24,25)26)12-22(21(29)30,14(2)19(13)20(27)28)16-6-4-3-5-7-16/h8-12,14,16H,3-7H2,1-2H3,(H,27,28)(H,29,30). The summed E-state index contributed by atoms with van der Waals surface area (Å²) in [6.45, 7) is 3.25. The average Bonchev–Trinajstić information content (AvgIpc) is 2.68.